The van der Waals surface area contributed by atoms with E-state index in [-0.39, 0.29) is 30.7 Å². The van der Waals surface area contributed by atoms with E-state index in [1.807, 2.05) is 24.5 Å². The number of thiazole rings is 1. The molecule has 0 aliphatic carbocycles. The Morgan fingerprint density at radius 2 is 2.09 bits per heavy atom. The number of hydrogen-bond donors (Lipinski definition) is 1. The number of carbonyl (C=O) groups is 2. The van der Waals surface area contributed by atoms with Gasteiger partial charge < -0.3 is 19.4 Å². The zero-order valence-electron chi connectivity index (χ0n) is 18.5. The van der Waals surface area contributed by atoms with Crippen molar-refractivity contribution in [2.75, 3.05) is 17.7 Å². The van der Waals surface area contributed by atoms with Gasteiger partial charge in [0.2, 0.25) is 5.91 Å². The van der Waals surface area contributed by atoms with Crippen molar-refractivity contribution >= 4 is 51.7 Å². The molecule has 0 spiro atoms. The van der Waals surface area contributed by atoms with Gasteiger partial charge in [0.05, 0.1) is 24.5 Å². The van der Waals surface area contributed by atoms with Gasteiger partial charge in [0.15, 0.2) is 16.1 Å². The Labute approximate surface area is 204 Å². The highest BCUT2D eigenvalue weighted by atomic mass is 35.5. The molecular formula is C21H24ClN5O4S2. The molecule has 1 N–H and O–H groups in total. The summed E-state index contributed by atoms with van der Waals surface area (Å²) in [5, 5.41) is 14.6. The molecular weight excluding hydrogens is 486 g/mol. The van der Waals surface area contributed by atoms with Crippen molar-refractivity contribution in [3.05, 3.63) is 45.7 Å². The molecule has 2 aromatic heterocycles. The van der Waals surface area contributed by atoms with Crippen LogP contribution in [0, 0.1) is 6.92 Å². The minimum atomic E-state index is -0.346. The number of nitrogens with zero attached hydrogens (tertiary/aromatic N) is 4. The van der Waals surface area contributed by atoms with Crippen LogP contribution in [0.5, 0.6) is 5.75 Å². The molecule has 0 atom stereocenters. The smallest absolute Gasteiger partial charge is 0.311 e. The van der Waals surface area contributed by atoms with Crippen LogP contribution in [-0.2, 0) is 33.9 Å². The van der Waals surface area contributed by atoms with E-state index in [1.54, 1.807) is 24.4 Å². The first kappa shape index (κ1) is 25.0. The summed E-state index contributed by atoms with van der Waals surface area (Å²) in [6.07, 6.45) is 0.0784. The van der Waals surface area contributed by atoms with Gasteiger partial charge in [0, 0.05) is 16.9 Å². The van der Waals surface area contributed by atoms with Crippen LogP contribution in [0.3, 0.4) is 0 Å². The highest BCUT2D eigenvalue weighted by Gasteiger charge is 2.15. The van der Waals surface area contributed by atoms with Crippen molar-refractivity contribution in [3.63, 3.8) is 0 Å². The number of ether oxygens (including phenoxy) is 2. The minimum Gasteiger partial charge on any atom is -0.486 e. The molecule has 0 saturated carbocycles. The van der Waals surface area contributed by atoms with Gasteiger partial charge >= 0.3 is 5.97 Å². The normalized spacial score (nSPS) is 10.8. The molecule has 0 aliphatic rings. The van der Waals surface area contributed by atoms with Crippen molar-refractivity contribution < 1.29 is 19.1 Å². The Bertz CT molecular complexity index is 1120. The average molecular weight is 510 g/mol. The summed E-state index contributed by atoms with van der Waals surface area (Å²) in [4.78, 5) is 28.1. The topological polar surface area (TPSA) is 108 Å². The number of anilines is 1. The quantitative estimate of drug-likeness (QED) is 0.303. The molecule has 9 nitrogen and oxygen atoms in total. The fourth-order valence-corrected chi connectivity index (χ4v) is 4.46. The number of amides is 1. The van der Waals surface area contributed by atoms with Crippen LogP contribution in [0.25, 0.3) is 0 Å². The zero-order valence-corrected chi connectivity index (χ0v) is 20.9. The Balaban J connectivity index is 1.52. The maximum Gasteiger partial charge on any atom is 0.311 e. The van der Waals surface area contributed by atoms with Crippen LogP contribution in [0.4, 0.5) is 5.13 Å². The van der Waals surface area contributed by atoms with E-state index in [0.717, 1.165) is 5.56 Å². The standard InChI is InChI=1S/C21H24ClN5O4S2/c1-4-27-17(10-31-15-6-7-16(22)13(3)8-15)25-26-21(27)33-12-18(28)24-20-23-14(11-32-20)9-19(29)30-5-2/h6-8,11H,4-5,9-10,12H2,1-3H3,(H,23,24,28). The summed E-state index contributed by atoms with van der Waals surface area (Å²) in [7, 11) is 0. The lowest BCUT2D eigenvalue weighted by Gasteiger charge is -2.09. The van der Waals surface area contributed by atoms with Gasteiger partial charge in [-0.3, -0.25) is 9.59 Å². The Morgan fingerprint density at radius 1 is 1.27 bits per heavy atom. The third-order valence-electron chi connectivity index (χ3n) is 4.37. The van der Waals surface area contributed by atoms with E-state index >= 15 is 0 Å². The molecule has 0 unspecified atom stereocenters. The van der Waals surface area contributed by atoms with E-state index in [1.165, 1.54) is 23.1 Å². The van der Waals surface area contributed by atoms with Gasteiger partial charge in [0.1, 0.15) is 12.4 Å². The van der Waals surface area contributed by atoms with Gasteiger partial charge in [-0.15, -0.1) is 21.5 Å². The molecule has 0 saturated heterocycles. The van der Waals surface area contributed by atoms with Crippen LogP contribution >= 0.6 is 34.7 Å². The van der Waals surface area contributed by atoms with Crippen molar-refractivity contribution in [2.24, 2.45) is 0 Å². The number of carbonyl (C=O) groups excluding carboxylic acids is 2. The minimum absolute atomic E-state index is 0.0784. The van der Waals surface area contributed by atoms with Crippen LogP contribution in [0.2, 0.25) is 5.02 Å². The monoisotopic (exact) mass is 509 g/mol. The van der Waals surface area contributed by atoms with Gasteiger partial charge in [-0.25, -0.2) is 4.98 Å². The lowest BCUT2D eigenvalue weighted by molar-refractivity contribution is -0.142. The third-order valence-corrected chi connectivity index (χ3v) is 6.57. The van der Waals surface area contributed by atoms with E-state index < -0.39 is 0 Å². The molecule has 33 heavy (non-hydrogen) atoms. The predicted molar refractivity (Wildman–Crippen MR) is 128 cm³/mol. The number of halogens is 1. The van der Waals surface area contributed by atoms with Gasteiger partial charge in [0.25, 0.3) is 0 Å². The Kier molecular flexibility index (Phi) is 9.10. The second kappa shape index (κ2) is 12.0. The second-order valence-corrected chi connectivity index (χ2v) is 9.01. The van der Waals surface area contributed by atoms with Crippen molar-refractivity contribution in [2.45, 2.75) is 45.5 Å². The lowest BCUT2D eigenvalue weighted by Crippen LogP contribution is -2.15. The molecule has 0 fully saturated rings. The third kappa shape index (κ3) is 7.18. The molecule has 12 heteroatoms. The van der Waals surface area contributed by atoms with E-state index in [0.29, 0.717) is 45.7 Å². The van der Waals surface area contributed by atoms with Crippen LogP contribution in [-0.4, -0.2) is 44.0 Å². The van der Waals surface area contributed by atoms with Gasteiger partial charge in [-0.1, -0.05) is 23.4 Å². The highest BCUT2D eigenvalue weighted by molar-refractivity contribution is 7.99. The Hall–Kier alpha value is -2.63. The van der Waals surface area contributed by atoms with E-state index in [9.17, 15) is 9.59 Å². The molecule has 0 radical (unpaired) electrons. The number of rotatable bonds is 11. The number of aromatic nitrogens is 4. The summed E-state index contributed by atoms with van der Waals surface area (Å²) in [5.41, 5.74) is 1.49. The van der Waals surface area contributed by atoms with E-state index in [4.69, 9.17) is 21.1 Å². The van der Waals surface area contributed by atoms with Crippen molar-refractivity contribution in [1.82, 2.24) is 19.7 Å². The molecule has 1 amide bonds. The first-order valence-electron chi connectivity index (χ1n) is 10.2. The molecule has 2 heterocycles. The summed E-state index contributed by atoms with van der Waals surface area (Å²) in [6.45, 7) is 6.84. The summed E-state index contributed by atoms with van der Waals surface area (Å²) >= 11 is 8.59. The summed E-state index contributed by atoms with van der Waals surface area (Å²) in [6, 6.07) is 5.46. The second-order valence-electron chi connectivity index (χ2n) is 6.81. The van der Waals surface area contributed by atoms with E-state index in [2.05, 4.69) is 20.5 Å². The predicted octanol–water partition coefficient (Wildman–Crippen LogP) is 4.13. The van der Waals surface area contributed by atoms with Gasteiger partial charge in [-0.2, -0.15) is 0 Å². The SMILES string of the molecule is CCOC(=O)Cc1csc(NC(=O)CSc2nnc(COc3ccc(Cl)c(C)c3)n2CC)n1. The number of nitrogens with one attached hydrogen (secondary N) is 1. The molecule has 176 valence electrons. The van der Waals surface area contributed by atoms with Crippen LogP contribution in [0.15, 0.2) is 28.7 Å². The Morgan fingerprint density at radius 3 is 2.82 bits per heavy atom. The summed E-state index contributed by atoms with van der Waals surface area (Å²) in [5.74, 6) is 0.930. The summed E-state index contributed by atoms with van der Waals surface area (Å²) < 4.78 is 12.6. The first-order chi connectivity index (χ1) is 15.9. The molecule has 1 aromatic carbocycles. The molecule has 3 aromatic rings. The van der Waals surface area contributed by atoms with Crippen LogP contribution < -0.4 is 10.1 Å². The first-order valence-corrected chi connectivity index (χ1v) is 12.5. The van der Waals surface area contributed by atoms with Crippen LogP contribution in [0.1, 0.15) is 30.9 Å². The number of thioether (sulfide) groups is 1. The lowest BCUT2D eigenvalue weighted by atomic mass is 10.2. The molecule has 3 rings (SSSR count). The molecule has 0 bridgehead atoms. The van der Waals surface area contributed by atoms with Crippen molar-refractivity contribution in [3.8, 4) is 5.75 Å². The van der Waals surface area contributed by atoms with Gasteiger partial charge in [-0.05, 0) is 44.5 Å². The largest absolute Gasteiger partial charge is 0.486 e. The zero-order chi connectivity index (χ0) is 23.8. The number of benzene rings is 1. The number of hydrogen-bond acceptors (Lipinski definition) is 9. The fraction of sp³-hybridized carbons (Fsp3) is 0.381. The van der Waals surface area contributed by atoms with Crippen molar-refractivity contribution in [1.29, 1.82) is 0 Å². The number of esters is 1. The highest BCUT2D eigenvalue weighted by Crippen LogP contribution is 2.23. The molecule has 0 aliphatic heterocycles. The average Bonchev–Trinajstić information content (AvgIpc) is 3.39. The maximum atomic E-state index is 12.3. The maximum absolute atomic E-state index is 12.3. The number of aryl methyl sites for hydroxylation is 1. The fourth-order valence-electron chi connectivity index (χ4n) is 2.80.